The van der Waals surface area contributed by atoms with E-state index in [1.165, 1.54) is 6.92 Å². The fourth-order valence-corrected chi connectivity index (χ4v) is 4.51. The lowest BCUT2D eigenvalue weighted by Crippen LogP contribution is -2.61. The van der Waals surface area contributed by atoms with E-state index in [2.05, 4.69) is 40.4 Å². The molecule has 0 radical (unpaired) electrons. The monoisotopic (exact) mass is 641 g/mol. The first kappa shape index (κ1) is 42.1. The van der Waals surface area contributed by atoms with Crippen LogP contribution in [0, 0.1) is 29.6 Å². The fourth-order valence-electron chi connectivity index (χ4n) is 4.51. The Morgan fingerprint density at radius 3 is 1.67 bits per heavy atom. The summed E-state index contributed by atoms with van der Waals surface area (Å²) in [6.45, 7) is 22.9. The van der Waals surface area contributed by atoms with E-state index in [1.54, 1.807) is 34.6 Å². The van der Waals surface area contributed by atoms with Gasteiger partial charge in [-0.25, -0.2) is 4.79 Å². The van der Waals surface area contributed by atoms with Crippen LogP contribution in [0.1, 0.15) is 109 Å². The number of carbonyl (C=O) groups is 5. The van der Waals surface area contributed by atoms with E-state index in [-0.39, 0.29) is 36.7 Å². The third-order valence-corrected chi connectivity index (χ3v) is 7.48. The molecule has 5 amide bonds. The van der Waals surface area contributed by atoms with E-state index in [0.29, 0.717) is 31.2 Å². The third-order valence-electron chi connectivity index (χ3n) is 7.48. The first-order chi connectivity index (χ1) is 20.7. The average Bonchev–Trinajstić information content (AvgIpc) is 2.88. The molecule has 0 aliphatic carbocycles. The topological polar surface area (TPSA) is 175 Å². The Morgan fingerprint density at radius 2 is 1.18 bits per heavy atom. The van der Waals surface area contributed by atoms with Crippen molar-refractivity contribution in [1.29, 1.82) is 0 Å². The van der Waals surface area contributed by atoms with Crippen molar-refractivity contribution in [1.82, 2.24) is 26.6 Å². The van der Waals surface area contributed by atoms with Crippen molar-refractivity contribution in [3.05, 3.63) is 0 Å². The van der Waals surface area contributed by atoms with Crippen LogP contribution in [-0.2, 0) is 23.9 Å². The predicted octanol–water partition coefficient (Wildman–Crippen LogP) is 3.26. The normalized spacial score (nSPS) is 15.7. The van der Waals surface area contributed by atoms with Crippen LogP contribution in [0.3, 0.4) is 0 Å². The standard InChI is InChI=1S/C33H63N5O7/c1-19(2)13-15-34-29(40)24(11)35-26(39)18-33(12,44)25(17-21(5)6)36-30(41)27(22(7)8)37-31(42)28(23(9)10)38-32(43)45-16-14-20(3)4/h19-25,27-28,44H,13-18H2,1-12H3,(H,34,40)(H,35,39)(H,36,41)(H,37,42)(H,38,43)/t24-,25-,27-,28-,33-/m0/s1. The molecule has 45 heavy (non-hydrogen) atoms. The number of ether oxygens (including phenoxy) is 1. The van der Waals surface area contributed by atoms with Gasteiger partial charge in [-0.1, -0.05) is 69.2 Å². The molecular weight excluding hydrogens is 578 g/mol. The summed E-state index contributed by atoms with van der Waals surface area (Å²) in [4.78, 5) is 64.5. The van der Waals surface area contributed by atoms with Crippen molar-refractivity contribution in [3.63, 3.8) is 0 Å². The second-order valence-corrected chi connectivity index (χ2v) is 14.4. The third kappa shape index (κ3) is 17.4. The molecule has 0 aliphatic heterocycles. The average molecular weight is 642 g/mol. The van der Waals surface area contributed by atoms with E-state index in [0.717, 1.165) is 6.42 Å². The first-order valence-electron chi connectivity index (χ1n) is 16.5. The van der Waals surface area contributed by atoms with Crippen molar-refractivity contribution in [2.24, 2.45) is 29.6 Å². The highest BCUT2D eigenvalue weighted by Crippen LogP contribution is 2.22. The number of hydrogen-bond donors (Lipinski definition) is 6. The molecular formula is C33H63N5O7. The number of amides is 5. The molecule has 0 bridgehead atoms. The van der Waals surface area contributed by atoms with E-state index < -0.39 is 53.6 Å². The number of carbonyl (C=O) groups excluding carboxylic acids is 5. The van der Waals surface area contributed by atoms with Crippen LogP contribution in [0.4, 0.5) is 4.79 Å². The molecule has 0 aromatic rings. The molecule has 12 nitrogen and oxygen atoms in total. The van der Waals surface area contributed by atoms with Gasteiger partial charge in [0.2, 0.25) is 23.6 Å². The van der Waals surface area contributed by atoms with Crippen LogP contribution in [0.2, 0.25) is 0 Å². The van der Waals surface area contributed by atoms with Crippen LogP contribution in [0.5, 0.6) is 0 Å². The molecule has 0 spiro atoms. The highest BCUT2D eigenvalue weighted by molar-refractivity contribution is 5.92. The minimum absolute atomic E-state index is 0.0545. The molecule has 0 heterocycles. The van der Waals surface area contributed by atoms with Crippen LogP contribution in [-0.4, -0.2) is 77.7 Å². The minimum Gasteiger partial charge on any atom is -0.450 e. The number of alkyl carbamates (subject to hydrolysis) is 1. The smallest absolute Gasteiger partial charge is 0.407 e. The molecule has 0 rings (SSSR count). The summed E-state index contributed by atoms with van der Waals surface area (Å²) < 4.78 is 5.21. The Hall–Kier alpha value is -2.89. The highest BCUT2D eigenvalue weighted by atomic mass is 16.5. The quantitative estimate of drug-likeness (QED) is 0.118. The summed E-state index contributed by atoms with van der Waals surface area (Å²) in [6.07, 6.45) is 0.801. The summed E-state index contributed by atoms with van der Waals surface area (Å²) >= 11 is 0. The maximum atomic E-state index is 13.6. The summed E-state index contributed by atoms with van der Waals surface area (Å²) in [7, 11) is 0. The van der Waals surface area contributed by atoms with Gasteiger partial charge in [-0.15, -0.1) is 0 Å². The molecule has 0 aliphatic rings. The van der Waals surface area contributed by atoms with Gasteiger partial charge in [-0.3, -0.25) is 19.2 Å². The first-order valence-corrected chi connectivity index (χ1v) is 16.5. The van der Waals surface area contributed by atoms with Gasteiger partial charge in [0, 0.05) is 6.54 Å². The van der Waals surface area contributed by atoms with E-state index >= 15 is 0 Å². The maximum absolute atomic E-state index is 13.6. The van der Waals surface area contributed by atoms with E-state index in [4.69, 9.17) is 4.74 Å². The van der Waals surface area contributed by atoms with Gasteiger partial charge in [0.05, 0.1) is 24.7 Å². The molecule has 0 unspecified atom stereocenters. The van der Waals surface area contributed by atoms with Gasteiger partial charge in [-0.2, -0.15) is 0 Å². The molecule has 0 saturated carbocycles. The van der Waals surface area contributed by atoms with Crippen molar-refractivity contribution in [2.75, 3.05) is 13.2 Å². The van der Waals surface area contributed by atoms with Crippen LogP contribution in [0.25, 0.3) is 0 Å². The molecule has 262 valence electrons. The van der Waals surface area contributed by atoms with Gasteiger partial charge < -0.3 is 36.4 Å². The van der Waals surface area contributed by atoms with Crippen LogP contribution >= 0.6 is 0 Å². The second-order valence-electron chi connectivity index (χ2n) is 14.4. The van der Waals surface area contributed by atoms with Gasteiger partial charge >= 0.3 is 6.09 Å². The molecule has 0 saturated heterocycles. The van der Waals surface area contributed by atoms with Crippen molar-refractivity contribution >= 4 is 29.7 Å². The van der Waals surface area contributed by atoms with Crippen molar-refractivity contribution in [3.8, 4) is 0 Å². The van der Waals surface area contributed by atoms with Gasteiger partial charge in [0.15, 0.2) is 0 Å². The maximum Gasteiger partial charge on any atom is 0.407 e. The second kappa shape index (κ2) is 20.3. The van der Waals surface area contributed by atoms with E-state index in [1.807, 2.05) is 27.7 Å². The van der Waals surface area contributed by atoms with Crippen LogP contribution < -0.4 is 26.6 Å². The van der Waals surface area contributed by atoms with Crippen LogP contribution in [0.15, 0.2) is 0 Å². The zero-order chi connectivity index (χ0) is 35.1. The van der Waals surface area contributed by atoms with Crippen molar-refractivity contribution < 1.29 is 33.8 Å². The number of rotatable bonds is 20. The van der Waals surface area contributed by atoms with E-state index in [9.17, 15) is 29.1 Å². The Kier molecular flexibility index (Phi) is 19.0. The Bertz CT molecular complexity index is 950. The lowest BCUT2D eigenvalue weighted by molar-refractivity contribution is -0.135. The molecule has 5 atom stereocenters. The molecule has 12 heteroatoms. The van der Waals surface area contributed by atoms with Gasteiger partial charge in [0.25, 0.3) is 0 Å². The molecule has 0 aromatic carbocycles. The number of aliphatic hydroxyl groups is 1. The number of hydrogen-bond acceptors (Lipinski definition) is 7. The SMILES string of the molecule is CC(C)CCNC(=O)[C@H](C)NC(=O)C[C@](C)(O)[C@H](CC(C)C)NC(=O)[C@@H](NC(=O)[C@@H](NC(=O)OCCC(C)C)C(C)C)C(C)C. The zero-order valence-electron chi connectivity index (χ0n) is 29.8. The molecule has 6 N–H and O–H groups in total. The Labute approximate surface area is 271 Å². The lowest BCUT2D eigenvalue weighted by atomic mass is 9.85. The Morgan fingerprint density at radius 1 is 0.667 bits per heavy atom. The summed E-state index contributed by atoms with van der Waals surface area (Å²) in [6, 6.07) is -3.55. The lowest BCUT2D eigenvalue weighted by Gasteiger charge is -2.36. The minimum atomic E-state index is -1.66. The van der Waals surface area contributed by atoms with Gasteiger partial charge in [-0.05, 0) is 62.7 Å². The predicted molar refractivity (Wildman–Crippen MR) is 176 cm³/mol. The summed E-state index contributed by atoms with van der Waals surface area (Å²) in [5.74, 6) is -1.68. The van der Waals surface area contributed by atoms with Gasteiger partial charge in [0.1, 0.15) is 18.1 Å². The summed E-state index contributed by atoms with van der Waals surface area (Å²) in [5, 5.41) is 25.1. The fraction of sp³-hybridized carbons (Fsp3) is 0.848. The Balaban J connectivity index is 5.58. The van der Waals surface area contributed by atoms with Crippen molar-refractivity contribution in [2.45, 2.75) is 139 Å². The zero-order valence-corrected chi connectivity index (χ0v) is 29.8. The largest absolute Gasteiger partial charge is 0.450 e. The highest BCUT2D eigenvalue weighted by Gasteiger charge is 2.39. The summed E-state index contributed by atoms with van der Waals surface area (Å²) in [5.41, 5.74) is -1.66. The molecule has 0 aromatic heterocycles. The number of nitrogens with one attached hydrogen (secondary N) is 5. The molecule has 0 fully saturated rings.